The zero-order chi connectivity index (χ0) is 16.8. The molecule has 1 aromatic carbocycles. The van der Waals surface area contributed by atoms with E-state index in [0.29, 0.717) is 17.5 Å². The number of alkyl halides is 3. The molecular formula is C15H13F3O3S. The van der Waals surface area contributed by atoms with Crippen LogP contribution in [0.3, 0.4) is 0 Å². The van der Waals surface area contributed by atoms with Crippen LogP contribution in [0.4, 0.5) is 13.2 Å². The Balaban J connectivity index is 2.54. The van der Waals surface area contributed by atoms with Crippen LogP contribution >= 0.6 is 0 Å². The molecule has 7 heteroatoms. The molecule has 1 aliphatic carbocycles. The van der Waals surface area contributed by atoms with Crippen molar-refractivity contribution in [3.63, 3.8) is 0 Å². The molecule has 3 nitrogen and oxygen atoms in total. The topological polar surface area (TPSA) is 43.4 Å². The minimum absolute atomic E-state index is 0.263. The zero-order valence-corrected chi connectivity index (χ0v) is 12.7. The van der Waals surface area contributed by atoms with Crippen LogP contribution in [-0.4, -0.2) is 13.9 Å². The molecule has 0 unspecified atom stereocenters. The van der Waals surface area contributed by atoms with Gasteiger partial charge in [0.2, 0.25) is 0 Å². The van der Waals surface area contributed by atoms with Gasteiger partial charge < -0.3 is 4.18 Å². The fraction of sp³-hybridized carbons (Fsp3) is 0.333. The average molecular weight is 330 g/mol. The lowest BCUT2D eigenvalue weighted by Crippen LogP contribution is -2.27. The summed E-state index contributed by atoms with van der Waals surface area (Å²) in [4.78, 5) is 0. The van der Waals surface area contributed by atoms with Gasteiger partial charge in [0.25, 0.3) is 0 Å². The van der Waals surface area contributed by atoms with Crippen LogP contribution in [-0.2, 0) is 19.7 Å². The van der Waals surface area contributed by atoms with Gasteiger partial charge in [-0.05, 0) is 35.6 Å². The third-order valence-electron chi connectivity index (χ3n) is 3.46. The van der Waals surface area contributed by atoms with Gasteiger partial charge in [-0.1, -0.05) is 25.8 Å². The van der Waals surface area contributed by atoms with E-state index in [4.69, 9.17) is 6.42 Å². The highest BCUT2D eigenvalue weighted by Gasteiger charge is 2.49. The van der Waals surface area contributed by atoms with E-state index in [-0.39, 0.29) is 16.7 Å². The molecule has 0 bridgehead atoms. The highest BCUT2D eigenvalue weighted by molar-refractivity contribution is 7.87. The number of fused-ring (bicyclic) bond motifs is 1. The first-order valence-corrected chi connectivity index (χ1v) is 7.71. The molecular weight excluding hydrogens is 317 g/mol. The molecule has 118 valence electrons. The molecule has 1 aliphatic rings. The normalized spacial score (nSPS) is 17.2. The summed E-state index contributed by atoms with van der Waals surface area (Å²) >= 11 is 0. The fourth-order valence-electron chi connectivity index (χ4n) is 2.24. The summed E-state index contributed by atoms with van der Waals surface area (Å²) in [6.45, 7) is 3.79. The molecule has 0 fully saturated rings. The summed E-state index contributed by atoms with van der Waals surface area (Å²) in [6.07, 6.45) is 6.97. The van der Waals surface area contributed by atoms with Crippen LogP contribution in [0.5, 0.6) is 0 Å². The van der Waals surface area contributed by atoms with E-state index in [1.807, 2.05) is 13.8 Å². The molecule has 0 aliphatic heterocycles. The number of benzene rings is 1. The second-order valence-corrected chi connectivity index (χ2v) is 7.08. The highest BCUT2D eigenvalue weighted by Crippen LogP contribution is 2.41. The molecule has 0 spiro atoms. The maximum atomic E-state index is 12.5. The number of rotatable bonds is 2. The van der Waals surface area contributed by atoms with Crippen molar-refractivity contribution in [1.29, 1.82) is 0 Å². The Bertz CT molecular complexity index is 781. The second kappa shape index (κ2) is 5.06. The summed E-state index contributed by atoms with van der Waals surface area (Å²) in [7, 11) is -5.72. The summed E-state index contributed by atoms with van der Waals surface area (Å²) in [5.41, 5.74) is -4.47. The molecule has 0 radical (unpaired) electrons. The molecule has 0 atom stereocenters. The number of allylic oxidation sites excluding steroid dienone is 1. The van der Waals surface area contributed by atoms with Crippen molar-refractivity contribution in [3.05, 3.63) is 41.0 Å². The van der Waals surface area contributed by atoms with Gasteiger partial charge in [-0.15, -0.1) is 6.42 Å². The molecule has 0 heterocycles. The standard InChI is InChI=1S/C15H13F3O3S/c1-4-10-5-6-12-11(9-10)13(7-8-14(12,2)3)21-22(19,20)15(16,17)18/h1,5-7,9H,8H2,2-3H3. The van der Waals surface area contributed by atoms with Crippen molar-refractivity contribution in [1.82, 2.24) is 0 Å². The first-order valence-electron chi connectivity index (χ1n) is 6.30. The lowest BCUT2D eigenvalue weighted by atomic mass is 9.75. The van der Waals surface area contributed by atoms with Gasteiger partial charge in [0, 0.05) is 11.1 Å². The first-order chi connectivity index (χ1) is 9.98. The van der Waals surface area contributed by atoms with E-state index in [0.717, 1.165) is 0 Å². The van der Waals surface area contributed by atoms with Crippen molar-refractivity contribution in [2.24, 2.45) is 0 Å². The van der Waals surface area contributed by atoms with Gasteiger partial charge in [0.1, 0.15) is 5.76 Å². The Morgan fingerprint density at radius 3 is 2.50 bits per heavy atom. The van der Waals surface area contributed by atoms with Crippen LogP contribution in [0, 0.1) is 12.3 Å². The largest absolute Gasteiger partial charge is 0.534 e. The van der Waals surface area contributed by atoms with Crippen molar-refractivity contribution in [2.75, 3.05) is 0 Å². The number of terminal acetylenes is 1. The summed E-state index contributed by atoms with van der Waals surface area (Å²) in [6, 6.07) is 4.79. The Kier molecular flexibility index (Phi) is 3.78. The molecule has 0 amide bonds. The quantitative estimate of drug-likeness (QED) is 0.473. The molecule has 22 heavy (non-hydrogen) atoms. The van der Waals surface area contributed by atoms with E-state index >= 15 is 0 Å². The predicted molar refractivity (Wildman–Crippen MR) is 76.1 cm³/mol. The third kappa shape index (κ3) is 2.83. The van der Waals surface area contributed by atoms with Crippen molar-refractivity contribution in [2.45, 2.75) is 31.2 Å². The lowest BCUT2D eigenvalue weighted by molar-refractivity contribution is -0.0509. The van der Waals surface area contributed by atoms with E-state index in [2.05, 4.69) is 10.1 Å². The van der Waals surface area contributed by atoms with Crippen molar-refractivity contribution >= 4 is 15.9 Å². The smallest absolute Gasteiger partial charge is 0.376 e. The molecule has 2 rings (SSSR count). The molecule has 0 aromatic heterocycles. The van der Waals surface area contributed by atoms with Gasteiger partial charge in [-0.25, -0.2) is 0 Å². The van der Waals surface area contributed by atoms with Gasteiger partial charge in [-0.3, -0.25) is 0 Å². The Morgan fingerprint density at radius 2 is 1.95 bits per heavy atom. The lowest BCUT2D eigenvalue weighted by Gasteiger charge is -2.31. The van der Waals surface area contributed by atoms with Gasteiger partial charge in [0.15, 0.2) is 0 Å². The molecule has 0 saturated carbocycles. The van der Waals surface area contributed by atoms with Crippen LogP contribution in [0.1, 0.15) is 37.0 Å². The van der Waals surface area contributed by atoms with Gasteiger partial charge in [0.05, 0.1) is 0 Å². The van der Waals surface area contributed by atoms with E-state index in [1.54, 1.807) is 12.1 Å². The van der Waals surface area contributed by atoms with Crippen molar-refractivity contribution < 1.29 is 25.8 Å². The monoisotopic (exact) mass is 330 g/mol. The third-order valence-corrected chi connectivity index (χ3v) is 4.43. The Labute approximate surface area is 126 Å². The Hall–Kier alpha value is -1.94. The second-order valence-electron chi connectivity index (χ2n) is 5.54. The SMILES string of the molecule is C#Cc1ccc2c(c1)C(OS(=O)(=O)C(F)(F)F)=CCC2(C)C. The number of halogens is 3. The molecule has 1 aromatic rings. The summed E-state index contributed by atoms with van der Waals surface area (Å²) < 4.78 is 64.2. The van der Waals surface area contributed by atoms with Crippen LogP contribution in [0.15, 0.2) is 24.3 Å². The van der Waals surface area contributed by atoms with E-state index < -0.39 is 15.6 Å². The Morgan fingerprint density at radius 1 is 1.32 bits per heavy atom. The highest BCUT2D eigenvalue weighted by atomic mass is 32.2. The van der Waals surface area contributed by atoms with Gasteiger partial charge in [-0.2, -0.15) is 21.6 Å². The zero-order valence-electron chi connectivity index (χ0n) is 11.9. The molecule has 0 saturated heterocycles. The maximum Gasteiger partial charge on any atom is 0.534 e. The first kappa shape index (κ1) is 16.4. The average Bonchev–Trinajstić information content (AvgIpc) is 2.40. The number of hydrogen-bond acceptors (Lipinski definition) is 3. The van der Waals surface area contributed by atoms with E-state index in [1.165, 1.54) is 12.1 Å². The van der Waals surface area contributed by atoms with Crippen LogP contribution < -0.4 is 0 Å². The summed E-state index contributed by atoms with van der Waals surface area (Å²) in [5.74, 6) is 2.02. The van der Waals surface area contributed by atoms with Crippen molar-refractivity contribution in [3.8, 4) is 12.3 Å². The van der Waals surface area contributed by atoms with E-state index in [9.17, 15) is 21.6 Å². The predicted octanol–water partition coefficient (Wildman–Crippen LogP) is 3.56. The maximum absolute atomic E-state index is 12.5. The minimum Gasteiger partial charge on any atom is -0.376 e. The van der Waals surface area contributed by atoms with Gasteiger partial charge >= 0.3 is 15.6 Å². The van der Waals surface area contributed by atoms with Crippen LogP contribution in [0.25, 0.3) is 5.76 Å². The minimum atomic E-state index is -5.72. The summed E-state index contributed by atoms with van der Waals surface area (Å²) in [5, 5.41) is 0. The fourth-order valence-corrected chi connectivity index (χ4v) is 2.73. The number of hydrogen-bond donors (Lipinski definition) is 0. The van der Waals surface area contributed by atoms with Crippen LogP contribution in [0.2, 0.25) is 0 Å². The molecule has 0 N–H and O–H groups in total.